The number of hydrogen-bond acceptors (Lipinski definition) is 4. The van der Waals surface area contributed by atoms with Crippen LogP contribution in [0.1, 0.15) is 19.3 Å². The van der Waals surface area contributed by atoms with Gasteiger partial charge in [0.1, 0.15) is 6.10 Å². The second-order valence-electron chi connectivity index (χ2n) is 3.18. The van der Waals surface area contributed by atoms with Gasteiger partial charge in [-0.1, -0.05) is 11.8 Å². The van der Waals surface area contributed by atoms with Gasteiger partial charge >= 0.3 is 0 Å². The number of aromatic nitrogens is 2. The van der Waals surface area contributed by atoms with E-state index in [1.54, 1.807) is 6.20 Å². The molecule has 76 valence electrons. The Morgan fingerprint density at radius 3 is 2.93 bits per heavy atom. The molecule has 0 aliphatic heterocycles. The standard InChI is InChI=1S/C9H11BrN2OS/c1-14-9-11-5-7(10)8(12-9)13-6-3-2-4-6/h5-6H,2-4H2,1H3. The molecule has 1 aliphatic rings. The Morgan fingerprint density at radius 1 is 1.57 bits per heavy atom. The van der Waals surface area contributed by atoms with E-state index in [2.05, 4.69) is 25.9 Å². The van der Waals surface area contributed by atoms with E-state index in [1.165, 1.54) is 18.2 Å². The fourth-order valence-electron chi connectivity index (χ4n) is 1.16. The van der Waals surface area contributed by atoms with Gasteiger partial charge < -0.3 is 4.74 Å². The summed E-state index contributed by atoms with van der Waals surface area (Å²) >= 11 is 4.90. The van der Waals surface area contributed by atoms with E-state index in [4.69, 9.17) is 4.74 Å². The molecule has 1 aromatic rings. The highest BCUT2D eigenvalue weighted by Crippen LogP contribution is 2.29. The molecule has 0 amide bonds. The van der Waals surface area contributed by atoms with Gasteiger partial charge in [0, 0.05) is 6.20 Å². The minimum absolute atomic E-state index is 0.357. The fraction of sp³-hybridized carbons (Fsp3) is 0.556. The van der Waals surface area contributed by atoms with Crippen LogP contribution >= 0.6 is 27.7 Å². The molecule has 0 unspecified atom stereocenters. The highest BCUT2D eigenvalue weighted by atomic mass is 79.9. The van der Waals surface area contributed by atoms with Crippen LogP contribution in [0.15, 0.2) is 15.8 Å². The van der Waals surface area contributed by atoms with Crippen molar-refractivity contribution in [2.75, 3.05) is 6.26 Å². The van der Waals surface area contributed by atoms with Crippen LogP contribution in [0.3, 0.4) is 0 Å². The molecule has 1 saturated carbocycles. The summed E-state index contributed by atoms with van der Waals surface area (Å²) in [4.78, 5) is 8.43. The molecule has 1 aliphatic carbocycles. The van der Waals surface area contributed by atoms with Crippen molar-refractivity contribution in [3.05, 3.63) is 10.7 Å². The van der Waals surface area contributed by atoms with E-state index < -0.39 is 0 Å². The molecule has 0 atom stereocenters. The van der Waals surface area contributed by atoms with E-state index in [9.17, 15) is 0 Å². The highest BCUT2D eigenvalue weighted by Gasteiger charge is 2.21. The Balaban J connectivity index is 2.13. The Kier molecular flexibility index (Phi) is 3.28. The minimum Gasteiger partial charge on any atom is -0.473 e. The molecule has 5 heteroatoms. The third kappa shape index (κ3) is 2.20. The van der Waals surface area contributed by atoms with E-state index in [-0.39, 0.29) is 0 Å². The van der Waals surface area contributed by atoms with Crippen molar-refractivity contribution in [3.63, 3.8) is 0 Å². The zero-order chi connectivity index (χ0) is 9.97. The van der Waals surface area contributed by atoms with Crippen molar-refractivity contribution in [2.45, 2.75) is 30.5 Å². The molecular formula is C9H11BrN2OS. The summed E-state index contributed by atoms with van der Waals surface area (Å²) in [6.45, 7) is 0. The molecule has 0 saturated heterocycles. The second-order valence-corrected chi connectivity index (χ2v) is 4.81. The maximum atomic E-state index is 5.71. The summed E-state index contributed by atoms with van der Waals surface area (Å²) < 4.78 is 6.55. The molecule has 0 radical (unpaired) electrons. The molecule has 2 rings (SSSR count). The number of rotatable bonds is 3. The Labute approximate surface area is 95.8 Å². The summed E-state index contributed by atoms with van der Waals surface area (Å²) in [7, 11) is 0. The monoisotopic (exact) mass is 274 g/mol. The van der Waals surface area contributed by atoms with Gasteiger partial charge in [0.05, 0.1) is 4.47 Å². The smallest absolute Gasteiger partial charge is 0.232 e. The van der Waals surface area contributed by atoms with Gasteiger partial charge in [0.15, 0.2) is 5.16 Å². The van der Waals surface area contributed by atoms with Gasteiger partial charge in [-0.15, -0.1) is 0 Å². The third-order valence-electron chi connectivity index (χ3n) is 2.20. The summed E-state index contributed by atoms with van der Waals surface area (Å²) in [6.07, 6.45) is 7.61. The first-order valence-corrected chi connectivity index (χ1v) is 6.54. The molecule has 0 N–H and O–H groups in total. The zero-order valence-corrected chi connectivity index (χ0v) is 10.3. The van der Waals surface area contributed by atoms with Gasteiger partial charge in [-0.05, 0) is 41.4 Å². The quantitative estimate of drug-likeness (QED) is 0.627. The largest absolute Gasteiger partial charge is 0.473 e. The van der Waals surface area contributed by atoms with Crippen LogP contribution in [0.5, 0.6) is 5.88 Å². The average molecular weight is 275 g/mol. The van der Waals surface area contributed by atoms with Gasteiger partial charge in [-0.25, -0.2) is 4.98 Å². The lowest BCUT2D eigenvalue weighted by molar-refractivity contribution is 0.112. The first-order valence-electron chi connectivity index (χ1n) is 4.53. The predicted molar refractivity (Wildman–Crippen MR) is 59.8 cm³/mol. The molecular weight excluding hydrogens is 264 g/mol. The van der Waals surface area contributed by atoms with Gasteiger partial charge in [0.25, 0.3) is 0 Å². The van der Waals surface area contributed by atoms with Crippen LogP contribution in [0.4, 0.5) is 0 Å². The summed E-state index contributed by atoms with van der Waals surface area (Å²) in [5, 5.41) is 0.752. The molecule has 14 heavy (non-hydrogen) atoms. The van der Waals surface area contributed by atoms with E-state index in [0.717, 1.165) is 22.5 Å². The molecule has 0 aromatic carbocycles. The maximum absolute atomic E-state index is 5.71. The molecule has 0 spiro atoms. The Bertz CT molecular complexity index is 331. The lowest BCUT2D eigenvalue weighted by Gasteiger charge is -2.26. The van der Waals surface area contributed by atoms with Crippen LogP contribution in [0, 0.1) is 0 Å². The van der Waals surface area contributed by atoms with E-state index >= 15 is 0 Å². The lowest BCUT2D eigenvalue weighted by Crippen LogP contribution is -2.25. The number of ether oxygens (including phenoxy) is 1. The third-order valence-corrected chi connectivity index (χ3v) is 3.31. The second kappa shape index (κ2) is 4.49. The van der Waals surface area contributed by atoms with Gasteiger partial charge in [-0.2, -0.15) is 4.98 Å². The molecule has 1 aromatic heterocycles. The van der Waals surface area contributed by atoms with Gasteiger partial charge in [-0.3, -0.25) is 0 Å². The number of hydrogen-bond donors (Lipinski definition) is 0. The van der Waals surface area contributed by atoms with Crippen molar-refractivity contribution < 1.29 is 4.74 Å². The van der Waals surface area contributed by atoms with Crippen LogP contribution in [0.2, 0.25) is 0 Å². The number of halogens is 1. The van der Waals surface area contributed by atoms with Crippen LogP contribution < -0.4 is 4.74 Å². The van der Waals surface area contributed by atoms with E-state index in [1.807, 2.05) is 6.26 Å². The molecule has 1 fully saturated rings. The van der Waals surface area contributed by atoms with Crippen molar-refractivity contribution >= 4 is 27.7 Å². The van der Waals surface area contributed by atoms with Crippen molar-refractivity contribution in [1.82, 2.24) is 9.97 Å². The van der Waals surface area contributed by atoms with Crippen LogP contribution in [0.25, 0.3) is 0 Å². The minimum atomic E-state index is 0.357. The predicted octanol–water partition coefficient (Wildman–Crippen LogP) is 2.89. The first kappa shape index (κ1) is 10.2. The van der Waals surface area contributed by atoms with Crippen molar-refractivity contribution in [2.24, 2.45) is 0 Å². The average Bonchev–Trinajstić information content (AvgIpc) is 2.14. The molecule has 0 bridgehead atoms. The Hall–Kier alpha value is -0.290. The molecule has 3 nitrogen and oxygen atoms in total. The fourth-order valence-corrected chi connectivity index (χ4v) is 1.78. The zero-order valence-electron chi connectivity index (χ0n) is 7.86. The lowest BCUT2D eigenvalue weighted by atomic mass is 9.96. The summed E-state index contributed by atoms with van der Waals surface area (Å²) in [6, 6.07) is 0. The Morgan fingerprint density at radius 2 is 2.36 bits per heavy atom. The molecule has 1 heterocycles. The van der Waals surface area contributed by atoms with Crippen molar-refractivity contribution in [3.8, 4) is 5.88 Å². The first-order chi connectivity index (χ1) is 6.79. The van der Waals surface area contributed by atoms with Gasteiger partial charge in [0.2, 0.25) is 5.88 Å². The highest BCUT2D eigenvalue weighted by molar-refractivity contribution is 9.10. The normalized spacial score (nSPS) is 16.4. The number of nitrogens with zero attached hydrogens (tertiary/aromatic N) is 2. The van der Waals surface area contributed by atoms with E-state index in [0.29, 0.717) is 12.0 Å². The maximum Gasteiger partial charge on any atom is 0.232 e. The van der Waals surface area contributed by atoms with Crippen LogP contribution in [-0.2, 0) is 0 Å². The van der Waals surface area contributed by atoms with Crippen molar-refractivity contribution in [1.29, 1.82) is 0 Å². The summed E-state index contributed by atoms with van der Waals surface area (Å²) in [5.41, 5.74) is 0. The SMILES string of the molecule is CSc1ncc(Br)c(OC2CCC2)n1. The summed E-state index contributed by atoms with van der Waals surface area (Å²) in [5.74, 6) is 0.675. The number of thioether (sulfide) groups is 1. The van der Waals surface area contributed by atoms with Crippen LogP contribution in [-0.4, -0.2) is 22.3 Å². The topological polar surface area (TPSA) is 35.0 Å².